The Labute approximate surface area is 158 Å². The minimum absolute atomic E-state index is 0.00999. The van der Waals surface area contributed by atoms with Gasteiger partial charge in [-0.05, 0) is 25.8 Å². The highest BCUT2D eigenvalue weighted by atomic mass is 16.2. The van der Waals surface area contributed by atoms with Gasteiger partial charge in [0.2, 0.25) is 5.91 Å². The third-order valence-electron chi connectivity index (χ3n) is 5.77. The molecular formula is C19H23N7O. The van der Waals surface area contributed by atoms with Gasteiger partial charge in [0.15, 0.2) is 0 Å². The topological polar surface area (TPSA) is 78.4 Å². The van der Waals surface area contributed by atoms with Crippen LogP contribution in [0.15, 0.2) is 18.6 Å². The predicted molar refractivity (Wildman–Crippen MR) is 100 cm³/mol. The fourth-order valence-electron chi connectivity index (χ4n) is 4.20. The van der Waals surface area contributed by atoms with Gasteiger partial charge in [-0.2, -0.15) is 0 Å². The number of aromatic nitrogens is 4. The summed E-state index contributed by atoms with van der Waals surface area (Å²) in [7, 11) is 0. The molecule has 3 aliphatic heterocycles. The first-order chi connectivity index (χ1) is 13.2. The molecule has 0 bridgehead atoms. The van der Waals surface area contributed by atoms with Gasteiger partial charge in [0, 0.05) is 37.9 Å². The quantitative estimate of drug-likeness (QED) is 0.807. The molecule has 5 rings (SSSR count). The Hall–Kier alpha value is -2.77. The van der Waals surface area contributed by atoms with Crippen LogP contribution in [0, 0.1) is 12.8 Å². The summed E-state index contributed by atoms with van der Waals surface area (Å²) in [6, 6.07) is 1.90. The normalized spacial score (nSPS) is 21.4. The summed E-state index contributed by atoms with van der Waals surface area (Å²) < 4.78 is 0. The zero-order valence-corrected chi connectivity index (χ0v) is 15.5. The number of fused-ring (bicyclic) bond motifs is 1. The van der Waals surface area contributed by atoms with Crippen molar-refractivity contribution >= 4 is 17.5 Å². The molecule has 0 aromatic carbocycles. The van der Waals surface area contributed by atoms with Gasteiger partial charge in [-0.1, -0.05) is 0 Å². The van der Waals surface area contributed by atoms with Gasteiger partial charge in [0.1, 0.15) is 23.8 Å². The summed E-state index contributed by atoms with van der Waals surface area (Å²) in [6.07, 6.45) is 5.37. The van der Waals surface area contributed by atoms with E-state index in [0.29, 0.717) is 19.6 Å². The van der Waals surface area contributed by atoms with E-state index in [9.17, 15) is 4.79 Å². The lowest BCUT2D eigenvalue weighted by atomic mass is 10.1. The predicted octanol–water partition coefficient (Wildman–Crippen LogP) is 1.15. The highest BCUT2D eigenvalue weighted by Gasteiger charge is 2.36. The molecule has 0 unspecified atom stereocenters. The molecule has 1 atom stereocenters. The van der Waals surface area contributed by atoms with Crippen molar-refractivity contribution in [2.45, 2.75) is 32.9 Å². The number of rotatable bonds is 3. The first kappa shape index (κ1) is 16.4. The van der Waals surface area contributed by atoms with Crippen LogP contribution < -0.4 is 9.80 Å². The number of carbonyl (C=O) groups is 1. The van der Waals surface area contributed by atoms with Crippen LogP contribution in [-0.4, -0.2) is 56.9 Å². The summed E-state index contributed by atoms with van der Waals surface area (Å²) in [5.74, 6) is 2.95. The van der Waals surface area contributed by atoms with Gasteiger partial charge < -0.3 is 14.7 Å². The number of carbonyl (C=O) groups excluding carboxylic acids is 1. The zero-order valence-electron chi connectivity index (χ0n) is 15.5. The highest BCUT2D eigenvalue weighted by Crippen LogP contribution is 2.33. The number of aryl methyl sites for hydroxylation is 1. The average Bonchev–Trinajstić information content (AvgIpc) is 3.27. The monoisotopic (exact) mass is 365 g/mol. The number of anilines is 2. The molecule has 3 aliphatic rings. The maximum absolute atomic E-state index is 13.1. The first-order valence-electron chi connectivity index (χ1n) is 9.60. The molecule has 0 radical (unpaired) electrons. The Morgan fingerprint density at radius 3 is 2.78 bits per heavy atom. The smallest absolute Gasteiger partial charge is 0.228 e. The molecule has 8 nitrogen and oxygen atoms in total. The molecule has 8 heteroatoms. The van der Waals surface area contributed by atoms with Gasteiger partial charge >= 0.3 is 0 Å². The summed E-state index contributed by atoms with van der Waals surface area (Å²) in [4.78, 5) is 37.1. The van der Waals surface area contributed by atoms with Crippen molar-refractivity contribution in [2.75, 3.05) is 36.0 Å². The van der Waals surface area contributed by atoms with Crippen LogP contribution in [0.25, 0.3) is 0 Å². The lowest BCUT2D eigenvalue weighted by Crippen LogP contribution is -2.39. The van der Waals surface area contributed by atoms with Crippen LogP contribution in [-0.2, 0) is 17.9 Å². The van der Waals surface area contributed by atoms with Crippen molar-refractivity contribution in [3.05, 3.63) is 35.7 Å². The van der Waals surface area contributed by atoms with Gasteiger partial charge in [0.25, 0.3) is 0 Å². The van der Waals surface area contributed by atoms with Crippen LogP contribution in [0.4, 0.5) is 11.6 Å². The Morgan fingerprint density at radius 2 is 2.04 bits per heavy atom. The van der Waals surface area contributed by atoms with Crippen LogP contribution in [0.5, 0.6) is 0 Å². The molecule has 0 aliphatic carbocycles. The van der Waals surface area contributed by atoms with Crippen molar-refractivity contribution in [3.63, 3.8) is 0 Å². The third kappa shape index (κ3) is 2.89. The van der Waals surface area contributed by atoms with Crippen molar-refractivity contribution in [2.24, 2.45) is 5.92 Å². The fraction of sp³-hybridized carbons (Fsp3) is 0.526. The van der Waals surface area contributed by atoms with Gasteiger partial charge in [-0.3, -0.25) is 4.79 Å². The van der Waals surface area contributed by atoms with Crippen LogP contribution in [0.2, 0.25) is 0 Å². The van der Waals surface area contributed by atoms with Crippen molar-refractivity contribution in [3.8, 4) is 0 Å². The second kappa shape index (κ2) is 6.44. The standard InChI is InChI=1S/C19H23N7O/c1-13-22-16-11-26(10-15(16)18(23-13)24-6-2-7-24)19(27)14-4-8-25(9-14)17-3-5-20-12-21-17/h3,5,12,14H,2,4,6-11H2,1H3/t14-/m1/s1. The number of hydrogen-bond acceptors (Lipinski definition) is 7. The Kier molecular flexibility index (Phi) is 3.91. The minimum Gasteiger partial charge on any atom is -0.356 e. The second-order valence-electron chi connectivity index (χ2n) is 7.55. The van der Waals surface area contributed by atoms with Gasteiger partial charge in [0.05, 0.1) is 24.7 Å². The highest BCUT2D eigenvalue weighted by molar-refractivity contribution is 5.81. The van der Waals surface area contributed by atoms with Crippen LogP contribution in [0.3, 0.4) is 0 Å². The van der Waals surface area contributed by atoms with E-state index >= 15 is 0 Å². The van der Waals surface area contributed by atoms with E-state index in [0.717, 1.165) is 54.8 Å². The lowest BCUT2D eigenvalue weighted by Gasteiger charge is -2.33. The molecule has 2 fully saturated rings. The number of hydrogen-bond donors (Lipinski definition) is 0. The minimum atomic E-state index is 0.00999. The number of nitrogens with zero attached hydrogens (tertiary/aromatic N) is 7. The summed E-state index contributed by atoms with van der Waals surface area (Å²) in [5.41, 5.74) is 2.16. The molecule has 1 amide bonds. The first-order valence-corrected chi connectivity index (χ1v) is 9.60. The molecule has 0 spiro atoms. The van der Waals surface area contributed by atoms with Crippen LogP contribution in [0.1, 0.15) is 29.9 Å². The Balaban J connectivity index is 1.31. The summed E-state index contributed by atoms with van der Waals surface area (Å²) in [6.45, 7) is 6.83. The SMILES string of the molecule is Cc1nc2c(c(N3CCC3)n1)CN(C(=O)[C@@H]1CCN(c3ccncn3)C1)C2. The maximum Gasteiger partial charge on any atom is 0.228 e. The van der Waals surface area contributed by atoms with Crippen LogP contribution >= 0.6 is 0 Å². The van der Waals surface area contributed by atoms with Crippen molar-refractivity contribution < 1.29 is 4.79 Å². The van der Waals surface area contributed by atoms with E-state index in [1.54, 1.807) is 12.5 Å². The maximum atomic E-state index is 13.1. The molecule has 0 N–H and O–H groups in total. The van der Waals surface area contributed by atoms with Gasteiger partial charge in [-0.25, -0.2) is 19.9 Å². The van der Waals surface area contributed by atoms with E-state index in [1.807, 2.05) is 17.9 Å². The molecule has 5 heterocycles. The molecule has 140 valence electrons. The largest absolute Gasteiger partial charge is 0.356 e. The average molecular weight is 365 g/mol. The van der Waals surface area contributed by atoms with E-state index < -0.39 is 0 Å². The zero-order chi connectivity index (χ0) is 18.4. The Morgan fingerprint density at radius 1 is 1.15 bits per heavy atom. The molecule has 27 heavy (non-hydrogen) atoms. The third-order valence-corrected chi connectivity index (χ3v) is 5.77. The Bertz CT molecular complexity index is 868. The van der Waals surface area contributed by atoms with Crippen molar-refractivity contribution in [1.29, 1.82) is 0 Å². The number of amides is 1. The molecule has 2 saturated heterocycles. The van der Waals surface area contributed by atoms with E-state index in [4.69, 9.17) is 0 Å². The second-order valence-corrected chi connectivity index (χ2v) is 7.55. The van der Waals surface area contributed by atoms with Crippen molar-refractivity contribution in [1.82, 2.24) is 24.8 Å². The van der Waals surface area contributed by atoms with Gasteiger partial charge in [-0.15, -0.1) is 0 Å². The summed E-state index contributed by atoms with van der Waals surface area (Å²) >= 11 is 0. The molecular weight excluding hydrogens is 342 g/mol. The molecule has 0 saturated carbocycles. The van der Waals surface area contributed by atoms with E-state index in [1.165, 1.54) is 6.42 Å². The van der Waals surface area contributed by atoms with E-state index in [-0.39, 0.29) is 11.8 Å². The summed E-state index contributed by atoms with van der Waals surface area (Å²) in [5, 5.41) is 0. The fourth-order valence-corrected chi connectivity index (χ4v) is 4.20. The molecule has 2 aromatic rings. The molecule has 2 aromatic heterocycles. The lowest BCUT2D eigenvalue weighted by molar-refractivity contribution is -0.135. The van der Waals surface area contributed by atoms with E-state index in [2.05, 4.69) is 29.7 Å².